The highest BCUT2D eigenvalue weighted by Gasteiger charge is 2.40. The third-order valence-electron chi connectivity index (χ3n) is 5.88. The van der Waals surface area contributed by atoms with Gasteiger partial charge in [-0.05, 0) is 78.1 Å². The Bertz CT molecular complexity index is 455. The molecule has 1 atom stereocenters. The van der Waals surface area contributed by atoms with Gasteiger partial charge >= 0.3 is 6.09 Å². The van der Waals surface area contributed by atoms with Crippen LogP contribution in [0.2, 0.25) is 0 Å². The molecule has 0 bridgehead atoms. The molecule has 2 aliphatic rings. The van der Waals surface area contributed by atoms with Gasteiger partial charge in [0, 0.05) is 13.1 Å². The van der Waals surface area contributed by atoms with Crippen molar-refractivity contribution in [1.82, 2.24) is 4.90 Å². The summed E-state index contributed by atoms with van der Waals surface area (Å²) in [7, 11) is 0. The van der Waals surface area contributed by atoms with E-state index in [9.17, 15) is 4.79 Å². The summed E-state index contributed by atoms with van der Waals surface area (Å²) in [6.07, 6.45) is 12.8. The number of hydrogen-bond donors (Lipinski definition) is 0. The second-order valence-corrected chi connectivity index (χ2v) is 8.89. The average molecular weight is 336 g/mol. The van der Waals surface area contributed by atoms with Gasteiger partial charge in [0.05, 0.1) is 0 Å². The fourth-order valence-corrected chi connectivity index (χ4v) is 4.50. The minimum absolute atomic E-state index is 0.158. The van der Waals surface area contributed by atoms with Gasteiger partial charge in [-0.3, -0.25) is 0 Å². The zero-order valence-electron chi connectivity index (χ0n) is 16.5. The van der Waals surface area contributed by atoms with Gasteiger partial charge < -0.3 is 9.64 Å². The lowest BCUT2D eigenvalue weighted by Gasteiger charge is -2.43. The Morgan fingerprint density at radius 1 is 1.29 bits per heavy atom. The smallest absolute Gasteiger partial charge is 0.410 e. The molecule has 138 valence electrons. The van der Waals surface area contributed by atoms with Crippen LogP contribution in [0.4, 0.5) is 4.79 Å². The second kappa shape index (κ2) is 7.93. The molecule has 0 aromatic heterocycles. The van der Waals surface area contributed by atoms with E-state index in [-0.39, 0.29) is 6.09 Å². The van der Waals surface area contributed by atoms with E-state index in [2.05, 4.69) is 19.9 Å². The lowest BCUT2D eigenvalue weighted by molar-refractivity contribution is 0.0194. The van der Waals surface area contributed by atoms with Crippen LogP contribution < -0.4 is 0 Å². The van der Waals surface area contributed by atoms with Crippen molar-refractivity contribution < 1.29 is 9.53 Å². The van der Waals surface area contributed by atoms with E-state index in [4.69, 9.17) is 4.74 Å². The van der Waals surface area contributed by atoms with Crippen molar-refractivity contribution in [2.45, 2.75) is 91.6 Å². The lowest BCUT2D eigenvalue weighted by Crippen LogP contribution is -2.41. The molecule has 0 spiro atoms. The lowest BCUT2D eigenvalue weighted by atomic mass is 9.63. The van der Waals surface area contributed by atoms with Crippen molar-refractivity contribution in [3.63, 3.8) is 0 Å². The number of allylic oxidation sites excluding steroid dienone is 2. The molecule has 0 aromatic carbocycles. The van der Waals surface area contributed by atoms with Crippen LogP contribution in [0.25, 0.3) is 0 Å². The van der Waals surface area contributed by atoms with Gasteiger partial charge in [-0.1, -0.05) is 30.9 Å². The van der Waals surface area contributed by atoms with Crippen LogP contribution >= 0.6 is 0 Å². The average Bonchev–Trinajstić information content (AvgIpc) is 2.94. The van der Waals surface area contributed by atoms with Gasteiger partial charge in [-0.25, -0.2) is 4.79 Å². The molecule has 0 saturated heterocycles. The number of rotatable bonds is 5. The molecule has 3 nitrogen and oxygen atoms in total. The Kier molecular flexibility index (Phi) is 6.39. The maximum atomic E-state index is 12.4. The molecule has 1 saturated carbocycles. The van der Waals surface area contributed by atoms with Crippen molar-refractivity contribution in [3.8, 4) is 0 Å². The first-order valence-electron chi connectivity index (χ1n) is 9.91. The van der Waals surface area contributed by atoms with Crippen LogP contribution in [-0.4, -0.2) is 29.7 Å². The Balaban J connectivity index is 2.02. The van der Waals surface area contributed by atoms with E-state index in [0.29, 0.717) is 5.41 Å². The van der Waals surface area contributed by atoms with Crippen molar-refractivity contribution in [2.75, 3.05) is 13.1 Å². The molecule has 3 heteroatoms. The van der Waals surface area contributed by atoms with Gasteiger partial charge in [-0.2, -0.15) is 0 Å². The van der Waals surface area contributed by atoms with Gasteiger partial charge in [0.25, 0.3) is 0 Å². The molecule has 0 unspecified atom stereocenters. The van der Waals surface area contributed by atoms with Crippen molar-refractivity contribution in [3.05, 3.63) is 11.6 Å². The highest BCUT2D eigenvalue weighted by atomic mass is 16.6. The summed E-state index contributed by atoms with van der Waals surface area (Å²) in [6, 6.07) is 0. The molecule has 2 aliphatic carbocycles. The summed E-state index contributed by atoms with van der Waals surface area (Å²) in [4.78, 5) is 14.3. The highest BCUT2D eigenvalue weighted by molar-refractivity contribution is 5.68. The third-order valence-corrected chi connectivity index (χ3v) is 5.88. The number of hydrogen-bond acceptors (Lipinski definition) is 2. The second-order valence-electron chi connectivity index (χ2n) is 8.89. The Hall–Kier alpha value is -0.990. The quantitative estimate of drug-likeness (QED) is 0.582. The largest absolute Gasteiger partial charge is 0.444 e. The zero-order valence-corrected chi connectivity index (χ0v) is 16.5. The molecule has 1 amide bonds. The summed E-state index contributed by atoms with van der Waals surface area (Å²) in [6.45, 7) is 11.7. The van der Waals surface area contributed by atoms with Gasteiger partial charge in [0.15, 0.2) is 0 Å². The predicted octanol–water partition coefficient (Wildman–Crippen LogP) is 5.94. The molecule has 1 fully saturated rings. The molecule has 0 aliphatic heterocycles. The van der Waals surface area contributed by atoms with Crippen LogP contribution in [0.1, 0.15) is 86.0 Å². The standard InChI is InChI=1S/C21H37NO2/c1-6-22(19(23)24-20(3,4)5)15-14-21(12-8-7-9-13-21)18-11-10-17(2)16-18/h16,18H,6-15H2,1-5H3/t18-/m1/s1. The maximum absolute atomic E-state index is 12.4. The highest BCUT2D eigenvalue weighted by Crippen LogP contribution is 2.50. The number of carbonyl (C=O) groups is 1. The molecule has 0 heterocycles. The molecule has 0 radical (unpaired) electrons. The normalized spacial score (nSPS) is 23.7. The van der Waals surface area contributed by atoms with Crippen LogP contribution in [0.15, 0.2) is 11.6 Å². The molecule has 2 rings (SSSR count). The number of nitrogens with zero attached hydrogens (tertiary/aromatic N) is 1. The Morgan fingerprint density at radius 3 is 2.46 bits per heavy atom. The molecule has 24 heavy (non-hydrogen) atoms. The first kappa shape index (κ1) is 19.3. The van der Waals surface area contributed by atoms with Gasteiger partial charge in [0.2, 0.25) is 0 Å². The van der Waals surface area contributed by atoms with E-state index >= 15 is 0 Å². The molecule has 0 aromatic rings. The minimum atomic E-state index is -0.418. The van der Waals surface area contributed by atoms with Crippen LogP contribution in [-0.2, 0) is 4.74 Å². The molecular weight excluding hydrogens is 298 g/mol. The van der Waals surface area contributed by atoms with Gasteiger partial charge in [0.1, 0.15) is 5.60 Å². The Morgan fingerprint density at radius 2 is 1.96 bits per heavy atom. The van der Waals surface area contributed by atoms with Crippen LogP contribution in [0.5, 0.6) is 0 Å². The minimum Gasteiger partial charge on any atom is -0.444 e. The number of amides is 1. The first-order valence-corrected chi connectivity index (χ1v) is 9.91. The van der Waals surface area contributed by atoms with Gasteiger partial charge in [-0.15, -0.1) is 0 Å². The van der Waals surface area contributed by atoms with Crippen molar-refractivity contribution >= 4 is 6.09 Å². The molecular formula is C21H37NO2. The third kappa shape index (κ3) is 5.00. The summed E-state index contributed by atoms with van der Waals surface area (Å²) in [5.41, 5.74) is 1.55. The SMILES string of the molecule is CCN(CCC1([C@H]2C=C(C)CC2)CCCCC1)C(=O)OC(C)(C)C. The van der Waals surface area contributed by atoms with Crippen molar-refractivity contribution in [2.24, 2.45) is 11.3 Å². The fourth-order valence-electron chi connectivity index (χ4n) is 4.50. The summed E-state index contributed by atoms with van der Waals surface area (Å²) < 4.78 is 5.58. The van der Waals surface area contributed by atoms with E-state index in [1.807, 2.05) is 25.7 Å². The first-order chi connectivity index (χ1) is 11.3. The zero-order chi connectivity index (χ0) is 17.8. The predicted molar refractivity (Wildman–Crippen MR) is 100 cm³/mol. The topological polar surface area (TPSA) is 29.5 Å². The monoisotopic (exact) mass is 335 g/mol. The van der Waals surface area contributed by atoms with Crippen molar-refractivity contribution in [1.29, 1.82) is 0 Å². The maximum Gasteiger partial charge on any atom is 0.410 e. The summed E-state index contributed by atoms with van der Waals surface area (Å²) in [5.74, 6) is 0.718. The number of carbonyl (C=O) groups excluding carboxylic acids is 1. The van der Waals surface area contributed by atoms with E-state index in [0.717, 1.165) is 25.4 Å². The number of ether oxygens (including phenoxy) is 1. The van der Waals surface area contributed by atoms with E-state index in [1.54, 1.807) is 5.57 Å². The van der Waals surface area contributed by atoms with E-state index in [1.165, 1.54) is 44.9 Å². The fraction of sp³-hybridized carbons (Fsp3) is 0.857. The Labute approximate surface area is 148 Å². The molecule has 0 N–H and O–H groups in total. The van der Waals surface area contributed by atoms with E-state index < -0.39 is 5.60 Å². The van der Waals surface area contributed by atoms with Crippen LogP contribution in [0, 0.1) is 11.3 Å². The van der Waals surface area contributed by atoms with Crippen LogP contribution in [0.3, 0.4) is 0 Å². The summed E-state index contributed by atoms with van der Waals surface area (Å²) in [5, 5.41) is 0. The summed E-state index contributed by atoms with van der Waals surface area (Å²) >= 11 is 0.